The summed E-state index contributed by atoms with van der Waals surface area (Å²) in [6.07, 6.45) is 4.66. The van der Waals surface area contributed by atoms with Gasteiger partial charge in [0.15, 0.2) is 0 Å². The van der Waals surface area contributed by atoms with Gasteiger partial charge >= 0.3 is 6.09 Å². The molecule has 0 aliphatic carbocycles. The normalized spacial score (nSPS) is 20.6. The van der Waals surface area contributed by atoms with Crippen LogP contribution in [0.15, 0.2) is 16.9 Å². The Morgan fingerprint density at radius 1 is 1.59 bits per heavy atom. The molecule has 2 heterocycles. The number of amides is 1. The summed E-state index contributed by atoms with van der Waals surface area (Å²) < 4.78 is 10.6. The molecule has 0 spiro atoms. The molecule has 1 aromatic heterocycles. The lowest BCUT2D eigenvalue weighted by Crippen LogP contribution is -2.36. The highest BCUT2D eigenvalue weighted by atomic mass is 16.6. The van der Waals surface area contributed by atoms with E-state index < -0.39 is 5.60 Å². The van der Waals surface area contributed by atoms with Crippen molar-refractivity contribution in [3.8, 4) is 0 Å². The van der Waals surface area contributed by atoms with Crippen molar-refractivity contribution >= 4 is 6.09 Å². The molecule has 2 rings (SSSR count). The van der Waals surface area contributed by atoms with E-state index in [2.05, 4.69) is 4.98 Å². The summed E-state index contributed by atoms with van der Waals surface area (Å²) in [7, 11) is 0. The molecular formula is C12H18N2O3. The van der Waals surface area contributed by atoms with Crippen LogP contribution in [0.2, 0.25) is 0 Å². The number of ether oxygens (including phenoxy) is 1. The molecule has 5 nitrogen and oxygen atoms in total. The van der Waals surface area contributed by atoms with Crippen molar-refractivity contribution < 1.29 is 13.9 Å². The van der Waals surface area contributed by atoms with E-state index in [0.717, 1.165) is 12.8 Å². The van der Waals surface area contributed by atoms with Crippen LogP contribution in [-0.4, -0.2) is 28.1 Å². The average molecular weight is 238 g/mol. The smallest absolute Gasteiger partial charge is 0.410 e. The van der Waals surface area contributed by atoms with Crippen LogP contribution in [0, 0.1) is 0 Å². The topological polar surface area (TPSA) is 55.6 Å². The van der Waals surface area contributed by atoms with Gasteiger partial charge in [0.2, 0.25) is 5.89 Å². The molecule has 0 saturated carbocycles. The van der Waals surface area contributed by atoms with E-state index in [0.29, 0.717) is 12.4 Å². The lowest BCUT2D eigenvalue weighted by molar-refractivity contribution is 0.0204. The summed E-state index contributed by atoms with van der Waals surface area (Å²) in [5, 5.41) is 0. The van der Waals surface area contributed by atoms with Crippen LogP contribution in [0.5, 0.6) is 0 Å². The van der Waals surface area contributed by atoms with Gasteiger partial charge in [-0.05, 0) is 33.6 Å². The minimum absolute atomic E-state index is 0.0835. The fraction of sp³-hybridized carbons (Fsp3) is 0.667. The second-order valence-electron chi connectivity index (χ2n) is 5.20. The van der Waals surface area contributed by atoms with Gasteiger partial charge in [0.05, 0.1) is 6.20 Å². The van der Waals surface area contributed by atoms with Crippen molar-refractivity contribution in [3.63, 3.8) is 0 Å². The fourth-order valence-corrected chi connectivity index (χ4v) is 1.96. The lowest BCUT2D eigenvalue weighted by atomic mass is 10.2. The number of hydrogen-bond donors (Lipinski definition) is 0. The zero-order valence-electron chi connectivity index (χ0n) is 10.5. The molecule has 1 amide bonds. The summed E-state index contributed by atoms with van der Waals surface area (Å²) in [6.45, 7) is 6.28. The first kappa shape index (κ1) is 12.0. The molecule has 1 saturated heterocycles. The Morgan fingerprint density at radius 2 is 2.35 bits per heavy atom. The number of rotatable bonds is 1. The van der Waals surface area contributed by atoms with E-state index in [9.17, 15) is 4.79 Å². The Morgan fingerprint density at radius 3 is 2.94 bits per heavy atom. The van der Waals surface area contributed by atoms with Crippen LogP contribution in [0.4, 0.5) is 4.79 Å². The Balaban J connectivity index is 2.07. The number of hydrogen-bond acceptors (Lipinski definition) is 4. The van der Waals surface area contributed by atoms with Crippen LogP contribution < -0.4 is 0 Å². The second-order valence-corrected chi connectivity index (χ2v) is 5.20. The highest BCUT2D eigenvalue weighted by molar-refractivity contribution is 5.69. The Kier molecular flexibility index (Phi) is 3.09. The molecule has 1 aliphatic heterocycles. The predicted octanol–water partition coefficient (Wildman–Crippen LogP) is 2.75. The van der Waals surface area contributed by atoms with Gasteiger partial charge in [0.1, 0.15) is 17.9 Å². The highest BCUT2D eigenvalue weighted by Crippen LogP contribution is 2.32. The minimum atomic E-state index is -0.471. The van der Waals surface area contributed by atoms with E-state index in [1.165, 1.54) is 6.26 Å². The largest absolute Gasteiger partial charge is 0.447 e. The molecule has 5 heteroatoms. The quantitative estimate of drug-likeness (QED) is 0.754. The summed E-state index contributed by atoms with van der Waals surface area (Å²) in [4.78, 5) is 17.8. The Labute approximate surface area is 101 Å². The molecule has 1 aliphatic rings. The fourth-order valence-electron chi connectivity index (χ4n) is 1.96. The highest BCUT2D eigenvalue weighted by Gasteiger charge is 2.35. The van der Waals surface area contributed by atoms with Crippen LogP contribution in [0.1, 0.15) is 45.5 Å². The first-order valence-electron chi connectivity index (χ1n) is 5.86. The summed E-state index contributed by atoms with van der Waals surface area (Å²) in [5.41, 5.74) is -0.471. The van der Waals surface area contributed by atoms with Gasteiger partial charge in [0, 0.05) is 6.54 Å². The molecule has 0 N–H and O–H groups in total. The van der Waals surface area contributed by atoms with Crippen LogP contribution in [0.3, 0.4) is 0 Å². The molecule has 94 valence electrons. The SMILES string of the molecule is CC(C)(C)OC(=O)N1CCCC1c1ncco1. The first-order chi connectivity index (χ1) is 7.97. The van der Waals surface area contributed by atoms with Crippen molar-refractivity contribution in [2.24, 2.45) is 0 Å². The van der Waals surface area contributed by atoms with E-state index in [1.807, 2.05) is 20.8 Å². The van der Waals surface area contributed by atoms with Crippen molar-refractivity contribution in [2.75, 3.05) is 6.54 Å². The third kappa shape index (κ3) is 2.78. The van der Waals surface area contributed by atoms with Crippen LogP contribution in [-0.2, 0) is 4.74 Å². The Hall–Kier alpha value is -1.52. The predicted molar refractivity (Wildman–Crippen MR) is 61.4 cm³/mol. The molecule has 1 aromatic rings. The first-order valence-corrected chi connectivity index (χ1v) is 5.86. The lowest BCUT2D eigenvalue weighted by Gasteiger charge is -2.27. The van der Waals surface area contributed by atoms with Gasteiger partial charge in [-0.15, -0.1) is 0 Å². The second kappa shape index (κ2) is 4.39. The van der Waals surface area contributed by atoms with E-state index in [1.54, 1.807) is 11.1 Å². The van der Waals surface area contributed by atoms with Gasteiger partial charge in [-0.3, -0.25) is 4.90 Å². The van der Waals surface area contributed by atoms with Gasteiger partial charge in [-0.25, -0.2) is 9.78 Å². The zero-order chi connectivity index (χ0) is 12.5. The third-order valence-electron chi connectivity index (χ3n) is 2.62. The number of likely N-dealkylation sites (tertiary alicyclic amines) is 1. The number of nitrogens with zero attached hydrogens (tertiary/aromatic N) is 2. The maximum Gasteiger partial charge on any atom is 0.410 e. The van der Waals surface area contributed by atoms with Crippen molar-refractivity contribution in [1.82, 2.24) is 9.88 Å². The Bertz CT molecular complexity index is 381. The number of oxazole rings is 1. The maximum absolute atomic E-state index is 12.0. The molecule has 0 aromatic carbocycles. The number of carbonyl (C=O) groups excluding carboxylic acids is 1. The van der Waals surface area contributed by atoms with Gasteiger partial charge < -0.3 is 9.15 Å². The van der Waals surface area contributed by atoms with Gasteiger partial charge in [0.25, 0.3) is 0 Å². The molecular weight excluding hydrogens is 220 g/mol. The summed E-state index contributed by atoms with van der Waals surface area (Å²) in [5.74, 6) is 0.591. The standard InChI is InChI=1S/C12H18N2O3/c1-12(2,3)17-11(15)14-7-4-5-9(14)10-13-6-8-16-10/h6,8-9H,4-5,7H2,1-3H3. The van der Waals surface area contributed by atoms with Gasteiger partial charge in [-0.2, -0.15) is 0 Å². The van der Waals surface area contributed by atoms with Crippen molar-refractivity contribution in [2.45, 2.75) is 45.3 Å². The number of aromatic nitrogens is 1. The summed E-state index contributed by atoms with van der Waals surface area (Å²) >= 11 is 0. The minimum Gasteiger partial charge on any atom is -0.447 e. The molecule has 0 bridgehead atoms. The van der Waals surface area contributed by atoms with Gasteiger partial charge in [-0.1, -0.05) is 0 Å². The summed E-state index contributed by atoms with van der Waals surface area (Å²) in [6, 6.07) is -0.0835. The van der Waals surface area contributed by atoms with Crippen LogP contribution >= 0.6 is 0 Å². The monoisotopic (exact) mass is 238 g/mol. The van der Waals surface area contributed by atoms with E-state index in [4.69, 9.17) is 9.15 Å². The average Bonchev–Trinajstić information content (AvgIpc) is 2.85. The van der Waals surface area contributed by atoms with E-state index >= 15 is 0 Å². The molecule has 1 unspecified atom stereocenters. The van der Waals surface area contributed by atoms with Crippen molar-refractivity contribution in [3.05, 3.63) is 18.4 Å². The van der Waals surface area contributed by atoms with Crippen LogP contribution in [0.25, 0.3) is 0 Å². The molecule has 17 heavy (non-hydrogen) atoms. The zero-order valence-corrected chi connectivity index (χ0v) is 10.5. The van der Waals surface area contributed by atoms with E-state index in [-0.39, 0.29) is 12.1 Å². The third-order valence-corrected chi connectivity index (χ3v) is 2.62. The molecule has 1 fully saturated rings. The number of carbonyl (C=O) groups is 1. The van der Waals surface area contributed by atoms with Crippen molar-refractivity contribution in [1.29, 1.82) is 0 Å². The maximum atomic E-state index is 12.0. The molecule has 0 radical (unpaired) electrons. The molecule has 1 atom stereocenters.